The van der Waals surface area contributed by atoms with Crippen LogP contribution in [0.3, 0.4) is 0 Å². The van der Waals surface area contributed by atoms with Gasteiger partial charge in [0.05, 0.1) is 0 Å². The van der Waals surface area contributed by atoms with Crippen LogP contribution >= 0.6 is 0 Å². The van der Waals surface area contributed by atoms with Crippen molar-refractivity contribution in [3.05, 3.63) is 0 Å². The maximum absolute atomic E-state index is 11.3. The fourth-order valence-electron chi connectivity index (χ4n) is 1.02. The number of hydrogen-bond donors (Lipinski definition) is 3. The lowest BCUT2D eigenvalue weighted by Gasteiger charge is -2.22. The molecule has 8 nitrogen and oxygen atoms in total. The maximum Gasteiger partial charge on any atom is 0.408 e. The van der Waals surface area contributed by atoms with Gasteiger partial charge in [-0.15, -0.1) is 0 Å². The minimum absolute atomic E-state index is 0.0571. The van der Waals surface area contributed by atoms with Gasteiger partial charge in [-0.3, -0.25) is 4.79 Å². The van der Waals surface area contributed by atoms with Crippen LogP contribution in [0.25, 0.3) is 0 Å². The predicted octanol–water partition coefficient (Wildman–Crippen LogP) is -0.136. The van der Waals surface area contributed by atoms with Crippen LogP contribution in [-0.2, 0) is 19.1 Å². The fraction of sp³-hybridized carbons (Fsp3) is 0.600. The summed E-state index contributed by atoms with van der Waals surface area (Å²) < 4.78 is 4.77. The average Bonchev–Trinajstić information content (AvgIpc) is 2.13. The summed E-state index contributed by atoms with van der Waals surface area (Å²) in [6.45, 7) is 4.66. The van der Waals surface area contributed by atoms with Crippen molar-refractivity contribution in [1.82, 2.24) is 5.32 Å². The number of carboxylic acids is 2. The van der Waals surface area contributed by atoms with E-state index in [0.29, 0.717) is 0 Å². The number of ether oxygens (including phenoxy) is 1. The Labute approximate surface area is 103 Å². The zero-order valence-corrected chi connectivity index (χ0v) is 10.2. The lowest BCUT2D eigenvalue weighted by atomic mass is 10.0. The summed E-state index contributed by atoms with van der Waals surface area (Å²) >= 11 is 0. The van der Waals surface area contributed by atoms with Crippen molar-refractivity contribution in [3.63, 3.8) is 0 Å². The van der Waals surface area contributed by atoms with Gasteiger partial charge in [0.25, 0.3) is 0 Å². The number of nitrogens with one attached hydrogen (secondary N) is 1. The fourth-order valence-corrected chi connectivity index (χ4v) is 1.02. The van der Waals surface area contributed by atoms with Gasteiger partial charge in [-0.05, 0) is 20.8 Å². The highest BCUT2D eigenvalue weighted by molar-refractivity contribution is 5.95. The second-order valence-corrected chi connectivity index (χ2v) is 4.46. The zero-order valence-electron chi connectivity index (χ0n) is 10.2. The van der Waals surface area contributed by atoms with Gasteiger partial charge in [0, 0.05) is 0 Å². The molecule has 3 N–H and O–H groups in total. The highest BCUT2D eigenvalue weighted by atomic mass is 16.6. The molecule has 0 saturated carbocycles. The van der Waals surface area contributed by atoms with Crippen LogP contribution in [0.1, 0.15) is 20.8 Å². The second kappa shape index (κ2) is 5.99. The third-order valence-electron chi connectivity index (χ3n) is 1.73. The quantitative estimate of drug-likeness (QED) is 0.464. The molecule has 0 aliphatic heterocycles. The number of carboxylic acid groups (broad SMARTS) is 2. The predicted molar refractivity (Wildman–Crippen MR) is 58.0 cm³/mol. The van der Waals surface area contributed by atoms with E-state index in [1.165, 1.54) is 0 Å². The number of hydrogen-bond acceptors (Lipinski definition) is 5. The lowest BCUT2D eigenvalue weighted by molar-refractivity contribution is -0.152. The van der Waals surface area contributed by atoms with Crippen LogP contribution in [0.4, 0.5) is 4.79 Å². The Morgan fingerprint density at radius 2 is 1.67 bits per heavy atom. The molecule has 0 bridgehead atoms. The molecule has 0 aliphatic carbocycles. The van der Waals surface area contributed by atoms with Crippen LogP contribution in [0.15, 0.2) is 0 Å². The summed E-state index contributed by atoms with van der Waals surface area (Å²) in [7, 11) is 0. The van der Waals surface area contributed by atoms with Crippen molar-refractivity contribution in [2.45, 2.75) is 32.4 Å². The smallest absolute Gasteiger partial charge is 0.408 e. The highest BCUT2D eigenvalue weighted by Gasteiger charge is 2.36. The first-order valence-corrected chi connectivity index (χ1v) is 4.99. The van der Waals surface area contributed by atoms with Crippen molar-refractivity contribution < 1.29 is 34.1 Å². The van der Waals surface area contributed by atoms with E-state index in [9.17, 15) is 19.2 Å². The molecular weight excluding hydrogens is 246 g/mol. The molecule has 0 aliphatic rings. The molecule has 8 heteroatoms. The van der Waals surface area contributed by atoms with Gasteiger partial charge in [-0.2, -0.15) is 0 Å². The number of amides is 1. The Kier molecular flexibility index (Phi) is 5.28. The molecule has 1 amide bonds. The Hall–Kier alpha value is -2.12. The summed E-state index contributed by atoms with van der Waals surface area (Å²) in [6.07, 6.45) is -1.17. The van der Waals surface area contributed by atoms with Gasteiger partial charge >= 0.3 is 18.0 Å². The minimum atomic E-state index is -1.88. The van der Waals surface area contributed by atoms with Gasteiger partial charge in [0.15, 0.2) is 0 Å². The SMILES string of the molecule is CC(C)(C)OC(=O)N[C@@H](C(=O)O)C(C=O)C(=O)O. The lowest BCUT2D eigenvalue weighted by Crippen LogP contribution is -2.50. The first-order valence-electron chi connectivity index (χ1n) is 4.99. The minimum Gasteiger partial charge on any atom is -0.481 e. The van der Waals surface area contributed by atoms with Gasteiger partial charge in [0.2, 0.25) is 0 Å². The van der Waals surface area contributed by atoms with Crippen LogP contribution in [0.2, 0.25) is 0 Å². The molecule has 102 valence electrons. The third kappa shape index (κ3) is 5.28. The molecule has 18 heavy (non-hydrogen) atoms. The number of aliphatic carboxylic acids is 2. The largest absolute Gasteiger partial charge is 0.481 e. The first kappa shape index (κ1) is 15.9. The molecule has 2 atom stereocenters. The van der Waals surface area contributed by atoms with E-state index < -0.39 is 35.6 Å². The van der Waals surface area contributed by atoms with Crippen LogP contribution < -0.4 is 5.32 Å². The van der Waals surface area contributed by atoms with Gasteiger partial charge in [0.1, 0.15) is 23.8 Å². The number of rotatable bonds is 5. The van der Waals surface area contributed by atoms with Crippen LogP contribution in [0, 0.1) is 5.92 Å². The molecule has 0 aromatic rings. The van der Waals surface area contributed by atoms with E-state index in [0.717, 1.165) is 0 Å². The average molecular weight is 261 g/mol. The summed E-state index contributed by atoms with van der Waals surface area (Å²) in [6, 6.07) is -1.88. The van der Waals surface area contributed by atoms with Crippen LogP contribution in [0.5, 0.6) is 0 Å². The second-order valence-electron chi connectivity index (χ2n) is 4.46. The molecule has 0 saturated heterocycles. The summed E-state index contributed by atoms with van der Waals surface area (Å²) in [5.41, 5.74) is -0.868. The summed E-state index contributed by atoms with van der Waals surface area (Å²) in [5, 5.41) is 19.3. The monoisotopic (exact) mass is 261 g/mol. The number of aldehydes is 1. The number of carbonyl (C=O) groups excluding carboxylic acids is 2. The molecular formula is C10H15NO7. The Balaban J connectivity index is 4.84. The topological polar surface area (TPSA) is 130 Å². The van der Waals surface area contributed by atoms with Crippen molar-refractivity contribution in [2.24, 2.45) is 5.92 Å². The van der Waals surface area contributed by atoms with E-state index in [1.807, 2.05) is 5.32 Å². The molecule has 0 spiro atoms. The van der Waals surface area contributed by atoms with E-state index in [1.54, 1.807) is 20.8 Å². The van der Waals surface area contributed by atoms with Gasteiger partial charge < -0.3 is 25.1 Å². The molecule has 0 radical (unpaired) electrons. The molecule has 0 fully saturated rings. The van der Waals surface area contributed by atoms with Crippen molar-refractivity contribution in [3.8, 4) is 0 Å². The molecule has 0 rings (SSSR count). The van der Waals surface area contributed by atoms with Crippen molar-refractivity contribution >= 4 is 24.3 Å². The van der Waals surface area contributed by atoms with Crippen LogP contribution in [-0.4, -0.2) is 46.2 Å². The standard InChI is InChI=1S/C10H15NO7/c1-10(2,3)18-9(17)11-6(8(15)16)5(4-12)7(13)14/h4-6H,1-3H3,(H,11,17)(H,13,14)(H,15,16)/t5?,6-/m1/s1. The van der Waals surface area contributed by atoms with E-state index >= 15 is 0 Å². The van der Waals surface area contributed by atoms with E-state index in [4.69, 9.17) is 14.9 Å². The summed E-state index contributed by atoms with van der Waals surface area (Å²) in [5.74, 6) is -5.16. The molecule has 0 aromatic heterocycles. The third-order valence-corrected chi connectivity index (χ3v) is 1.73. The zero-order chi connectivity index (χ0) is 14.5. The number of carbonyl (C=O) groups is 4. The normalized spacial score (nSPS) is 14.2. The van der Waals surface area contributed by atoms with Gasteiger partial charge in [-0.25, -0.2) is 9.59 Å². The van der Waals surface area contributed by atoms with Crippen molar-refractivity contribution in [2.75, 3.05) is 0 Å². The number of alkyl carbamates (subject to hydrolysis) is 1. The molecule has 0 heterocycles. The molecule has 1 unspecified atom stereocenters. The maximum atomic E-state index is 11.3. The van der Waals surface area contributed by atoms with Gasteiger partial charge in [-0.1, -0.05) is 0 Å². The molecule has 0 aromatic carbocycles. The Bertz CT molecular complexity index is 358. The Morgan fingerprint density at radius 3 is 1.94 bits per heavy atom. The first-order chi connectivity index (χ1) is 8.08. The Morgan fingerprint density at radius 1 is 1.17 bits per heavy atom. The summed E-state index contributed by atoms with van der Waals surface area (Å²) in [4.78, 5) is 43.3. The van der Waals surface area contributed by atoms with E-state index in [-0.39, 0.29) is 6.29 Å². The van der Waals surface area contributed by atoms with E-state index in [2.05, 4.69) is 0 Å². The van der Waals surface area contributed by atoms with Crippen molar-refractivity contribution in [1.29, 1.82) is 0 Å². The highest BCUT2D eigenvalue weighted by Crippen LogP contribution is 2.08.